The average molecular weight is 261 g/mol. The topological polar surface area (TPSA) is 29.5 Å². The molecule has 1 rings (SSSR count). The van der Waals surface area contributed by atoms with E-state index in [-0.39, 0.29) is 11.9 Å². The minimum Gasteiger partial charge on any atom is -0.382 e. The van der Waals surface area contributed by atoms with E-state index in [1.54, 1.807) is 14.0 Å². The SMILES string of the molecule is C=CCCCN(C(C)=O)[C@@H](COC)c1ccccc1. The number of amides is 1. The Morgan fingerprint density at radius 2 is 2.11 bits per heavy atom. The van der Waals surface area contributed by atoms with E-state index in [1.165, 1.54) is 0 Å². The van der Waals surface area contributed by atoms with Gasteiger partial charge in [-0.15, -0.1) is 6.58 Å². The molecule has 104 valence electrons. The van der Waals surface area contributed by atoms with Gasteiger partial charge in [-0.25, -0.2) is 0 Å². The second-order valence-corrected chi connectivity index (χ2v) is 4.53. The van der Waals surface area contributed by atoms with Gasteiger partial charge < -0.3 is 9.64 Å². The molecule has 0 heterocycles. The van der Waals surface area contributed by atoms with Crippen molar-refractivity contribution in [2.45, 2.75) is 25.8 Å². The summed E-state index contributed by atoms with van der Waals surface area (Å²) in [7, 11) is 1.66. The van der Waals surface area contributed by atoms with Gasteiger partial charge in [-0.05, 0) is 18.4 Å². The third-order valence-electron chi connectivity index (χ3n) is 3.10. The van der Waals surface area contributed by atoms with Crippen LogP contribution in [-0.2, 0) is 9.53 Å². The van der Waals surface area contributed by atoms with E-state index in [4.69, 9.17) is 4.74 Å². The van der Waals surface area contributed by atoms with Crippen LogP contribution in [0, 0.1) is 0 Å². The molecule has 1 aromatic rings. The van der Waals surface area contributed by atoms with Gasteiger partial charge in [0, 0.05) is 20.6 Å². The molecule has 3 nitrogen and oxygen atoms in total. The van der Waals surface area contributed by atoms with Crippen LogP contribution in [0.15, 0.2) is 43.0 Å². The maximum Gasteiger partial charge on any atom is 0.220 e. The summed E-state index contributed by atoms with van der Waals surface area (Å²) in [5.74, 6) is 0.0787. The van der Waals surface area contributed by atoms with Crippen LogP contribution < -0.4 is 0 Å². The minimum atomic E-state index is -0.0199. The highest BCUT2D eigenvalue weighted by atomic mass is 16.5. The van der Waals surface area contributed by atoms with E-state index in [1.807, 2.05) is 41.3 Å². The summed E-state index contributed by atoms with van der Waals surface area (Å²) in [6.45, 7) is 6.56. The van der Waals surface area contributed by atoms with Crippen molar-refractivity contribution < 1.29 is 9.53 Å². The van der Waals surface area contributed by atoms with E-state index in [9.17, 15) is 4.79 Å². The first-order valence-electron chi connectivity index (χ1n) is 6.62. The number of hydrogen-bond donors (Lipinski definition) is 0. The van der Waals surface area contributed by atoms with E-state index >= 15 is 0 Å². The van der Waals surface area contributed by atoms with Gasteiger partial charge >= 0.3 is 0 Å². The summed E-state index contributed by atoms with van der Waals surface area (Å²) in [5, 5.41) is 0. The van der Waals surface area contributed by atoms with E-state index in [0.717, 1.165) is 24.9 Å². The number of carbonyl (C=O) groups is 1. The molecule has 1 aromatic carbocycles. The number of unbranched alkanes of at least 4 members (excludes halogenated alkanes) is 1. The van der Waals surface area contributed by atoms with Crippen LogP contribution in [-0.4, -0.2) is 31.1 Å². The van der Waals surface area contributed by atoms with Crippen LogP contribution in [0.25, 0.3) is 0 Å². The Morgan fingerprint density at radius 3 is 2.63 bits per heavy atom. The lowest BCUT2D eigenvalue weighted by Gasteiger charge is -2.31. The van der Waals surface area contributed by atoms with Crippen LogP contribution in [0.3, 0.4) is 0 Å². The molecule has 0 unspecified atom stereocenters. The van der Waals surface area contributed by atoms with Gasteiger partial charge in [-0.3, -0.25) is 4.79 Å². The second kappa shape index (κ2) is 8.48. The summed E-state index contributed by atoms with van der Waals surface area (Å²) in [6, 6.07) is 10.00. The summed E-state index contributed by atoms with van der Waals surface area (Å²) < 4.78 is 5.28. The molecule has 0 N–H and O–H groups in total. The number of nitrogens with zero attached hydrogens (tertiary/aromatic N) is 1. The largest absolute Gasteiger partial charge is 0.382 e. The molecule has 0 saturated carbocycles. The fourth-order valence-electron chi connectivity index (χ4n) is 2.14. The van der Waals surface area contributed by atoms with Crippen molar-refractivity contribution in [2.75, 3.05) is 20.3 Å². The first-order chi connectivity index (χ1) is 9.20. The smallest absolute Gasteiger partial charge is 0.220 e. The monoisotopic (exact) mass is 261 g/mol. The molecule has 0 radical (unpaired) electrons. The molecule has 1 amide bonds. The minimum absolute atomic E-state index is 0.0199. The van der Waals surface area contributed by atoms with Crippen LogP contribution in [0.2, 0.25) is 0 Å². The molecule has 3 heteroatoms. The number of allylic oxidation sites excluding steroid dienone is 1. The molecule has 0 aliphatic carbocycles. The van der Waals surface area contributed by atoms with Gasteiger partial charge in [-0.2, -0.15) is 0 Å². The number of rotatable bonds is 8. The molecule has 0 fully saturated rings. The quantitative estimate of drug-likeness (QED) is 0.531. The lowest BCUT2D eigenvalue weighted by atomic mass is 10.1. The predicted molar refractivity (Wildman–Crippen MR) is 77.9 cm³/mol. The zero-order chi connectivity index (χ0) is 14.1. The van der Waals surface area contributed by atoms with Crippen molar-refractivity contribution in [3.05, 3.63) is 48.6 Å². The third kappa shape index (κ3) is 4.87. The van der Waals surface area contributed by atoms with Crippen molar-refractivity contribution in [2.24, 2.45) is 0 Å². The first kappa shape index (κ1) is 15.4. The second-order valence-electron chi connectivity index (χ2n) is 4.53. The Bertz CT molecular complexity index is 389. The van der Waals surface area contributed by atoms with Gasteiger partial charge in [0.05, 0.1) is 12.6 Å². The van der Waals surface area contributed by atoms with Crippen molar-refractivity contribution in [3.63, 3.8) is 0 Å². The molecule has 0 spiro atoms. The maximum atomic E-state index is 11.9. The Labute approximate surface area is 115 Å². The normalized spacial score (nSPS) is 11.9. The summed E-state index contributed by atoms with van der Waals surface area (Å²) in [4.78, 5) is 13.7. The van der Waals surface area contributed by atoms with Gasteiger partial charge in [0.2, 0.25) is 5.91 Å². The molecule has 0 saturated heterocycles. The van der Waals surface area contributed by atoms with Crippen molar-refractivity contribution in [1.82, 2.24) is 4.90 Å². The average Bonchev–Trinajstić information content (AvgIpc) is 2.42. The molecule has 0 bridgehead atoms. The summed E-state index contributed by atoms with van der Waals surface area (Å²) >= 11 is 0. The first-order valence-corrected chi connectivity index (χ1v) is 6.62. The molecule has 0 aliphatic heterocycles. The fourth-order valence-corrected chi connectivity index (χ4v) is 2.14. The summed E-state index contributed by atoms with van der Waals surface area (Å²) in [6.07, 6.45) is 3.72. The maximum absolute atomic E-state index is 11.9. The zero-order valence-electron chi connectivity index (χ0n) is 11.8. The van der Waals surface area contributed by atoms with Crippen LogP contribution in [0.4, 0.5) is 0 Å². The van der Waals surface area contributed by atoms with Crippen molar-refractivity contribution >= 4 is 5.91 Å². The Hall–Kier alpha value is -1.61. The zero-order valence-corrected chi connectivity index (χ0v) is 11.8. The lowest BCUT2D eigenvalue weighted by molar-refractivity contribution is -0.132. The molecular formula is C16H23NO2. The number of ether oxygens (including phenoxy) is 1. The fraction of sp³-hybridized carbons (Fsp3) is 0.438. The van der Waals surface area contributed by atoms with Gasteiger partial charge in [0.25, 0.3) is 0 Å². The number of carbonyl (C=O) groups excluding carboxylic acids is 1. The molecule has 19 heavy (non-hydrogen) atoms. The Balaban J connectivity index is 2.86. The van der Waals surface area contributed by atoms with Crippen molar-refractivity contribution in [3.8, 4) is 0 Å². The molecule has 1 atom stereocenters. The van der Waals surface area contributed by atoms with Crippen LogP contribution in [0.1, 0.15) is 31.4 Å². The van der Waals surface area contributed by atoms with Gasteiger partial charge in [0.1, 0.15) is 0 Å². The Kier molecular flexibility index (Phi) is 6.90. The van der Waals surface area contributed by atoms with Gasteiger partial charge in [0.15, 0.2) is 0 Å². The van der Waals surface area contributed by atoms with Crippen LogP contribution in [0.5, 0.6) is 0 Å². The lowest BCUT2D eigenvalue weighted by Crippen LogP contribution is -2.36. The van der Waals surface area contributed by atoms with E-state index < -0.39 is 0 Å². The molecular weight excluding hydrogens is 238 g/mol. The number of hydrogen-bond acceptors (Lipinski definition) is 2. The Morgan fingerprint density at radius 1 is 1.42 bits per heavy atom. The molecule has 0 aromatic heterocycles. The van der Waals surface area contributed by atoms with Crippen molar-refractivity contribution in [1.29, 1.82) is 0 Å². The summed E-state index contributed by atoms with van der Waals surface area (Å²) in [5.41, 5.74) is 1.11. The van der Waals surface area contributed by atoms with Gasteiger partial charge in [-0.1, -0.05) is 36.4 Å². The van der Waals surface area contributed by atoms with E-state index in [2.05, 4.69) is 6.58 Å². The third-order valence-corrected chi connectivity index (χ3v) is 3.10. The highest BCUT2D eigenvalue weighted by Crippen LogP contribution is 2.21. The number of methoxy groups -OCH3 is 1. The highest BCUT2D eigenvalue weighted by molar-refractivity contribution is 5.73. The molecule has 0 aliphatic rings. The predicted octanol–water partition coefficient (Wildman–Crippen LogP) is 3.19. The van der Waals surface area contributed by atoms with Crippen LogP contribution >= 0.6 is 0 Å². The number of benzene rings is 1. The van der Waals surface area contributed by atoms with E-state index in [0.29, 0.717) is 6.61 Å². The highest BCUT2D eigenvalue weighted by Gasteiger charge is 2.21. The standard InChI is InChI=1S/C16H23NO2/c1-4-5-9-12-17(14(2)18)16(13-19-3)15-10-7-6-8-11-15/h4,6-8,10-11,16H,1,5,9,12-13H2,2-3H3/t16-/m0/s1.